The standard InChI is InChI=1S/C11H15NO2S/c1-2-6-10(13)15-12-11(14)9-7-4-3-5-8-9/h3-5,7-8,11-12,14H,2,6H2,1H3. The molecule has 3 nitrogen and oxygen atoms in total. The van der Waals surface area contributed by atoms with Crippen molar-refractivity contribution >= 4 is 17.1 Å². The number of rotatable bonds is 5. The Balaban J connectivity index is 2.37. The molecule has 1 aromatic rings. The molecular weight excluding hydrogens is 210 g/mol. The third-order valence-corrected chi connectivity index (χ3v) is 2.63. The SMILES string of the molecule is CCCC(=O)SNC(O)c1ccccc1. The van der Waals surface area contributed by atoms with Crippen molar-refractivity contribution in [3.05, 3.63) is 35.9 Å². The van der Waals surface area contributed by atoms with Gasteiger partial charge in [-0.3, -0.25) is 4.79 Å². The van der Waals surface area contributed by atoms with Crippen molar-refractivity contribution in [1.82, 2.24) is 4.72 Å². The van der Waals surface area contributed by atoms with E-state index in [0.29, 0.717) is 6.42 Å². The molecule has 0 aliphatic heterocycles. The predicted octanol–water partition coefficient (Wildman–Crippen LogP) is 2.24. The largest absolute Gasteiger partial charge is 0.373 e. The zero-order valence-corrected chi connectivity index (χ0v) is 9.46. The molecule has 4 heteroatoms. The van der Waals surface area contributed by atoms with Crippen LogP contribution in [0.1, 0.15) is 31.6 Å². The third kappa shape index (κ3) is 4.46. The van der Waals surface area contributed by atoms with Crippen LogP contribution in [-0.2, 0) is 4.79 Å². The number of carbonyl (C=O) groups is 1. The van der Waals surface area contributed by atoms with Gasteiger partial charge in [0, 0.05) is 6.42 Å². The normalized spacial score (nSPS) is 12.4. The molecule has 0 spiro atoms. The molecule has 1 aromatic carbocycles. The Labute approximate surface area is 94.0 Å². The molecule has 1 rings (SSSR count). The van der Waals surface area contributed by atoms with E-state index in [9.17, 15) is 9.90 Å². The van der Waals surface area contributed by atoms with Crippen molar-refractivity contribution in [3.63, 3.8) is 0 Å². The molecule has 0 heterocycles. The van der Waals surface area contributed by atoms with Gasteiger partial charge in [0.1, 0.15) is 6.23 Å². The summed E-state index contributed by atoms with van der Waals surface area (Å²) in [6, 6.07) is 9.19. The average Bonchev–Trinajstić information content (AvgIpc) is 2.27. The summed E-state index contributed by atoms with van der Waals surface area (Å²) in [6.07, 6.45) is 0.561. The number of carbonyl (C=O) groups excluding carboxylic acids is 1. The summed E-state index contributed by atoms with van der Waals surface area (Å²) in [7, 11) is 0. The van der Waals surface area contributed by atoms with E-state index >= 15 is 0 Å². The van der Waals surface area contributed by atoms with Gasteiger partial charge < -0.3 is 5.11 Å². The summed E-state index contributed by atoms with van der Waals surface area (Å²) in [5, 5.41) is 9.70. The maximum Gasteiger partial charge on any atom is 0.203 e. The summed E-state index contributed by atoms with van der Waals surface area (Å²) in [5.74, 6) is 0. The lowest BCUT2D eigenvalue weighted by Crippen LogP contribution is -2.15. The van der Waals surface area contributed by atoms with Crippen molar-refractivity contribution in [2.75, 3.05) is 0 Å². The van der Waals surface area contributed by atoms with E-state index in [2.05, 4.69) is 4.72 Å². The maximum atomic E-state index is 11.2. The van der Waals surface area contributed by atoms with Gasteiger partial charge in [-0.25, -0.2) is 4.72 Å². The van der Waals surface area contributed by atoms with Crippen molar-refractivity contribution < 1.29 is 9.90 Å². The fourth-order valence-electron chi connectivity index (χ4n) is 1.08. The van der Waals surface area contributed by atoms with Gasteiger partial charge in [0.2, 0.25) is 5.12 Å². The van der Waals surface area contributed by atoms with Crippen molar-refractivity contribution in [3.8, 4) is 0 Å². The molecule has 0 aliphatic rings. The van der Waals surface area contributed by atoms with Crippen LogP contribution in [0.5, 0.6) is 0 Å². The lowest BCUT2D eigenvalue weighted by molar-refractivity contribution is -0.111. The highest BCUT2D eigenvalue weighted by Gasteiger charge is 2.08. The van der Waals surface area contributed by atoms with Crippen molar-refractivity contribution in [2.45, 2.75) is 26.0 Å². The summed E-state index contributed by atoms with van der Waals surface area (Å²) < 4.78 is 2.71. The van der Waals surface area contributed by atoms with Gasteiger partial charge >= 0.3 is 0 Å². The highest BCUT2D eigenvalue weighted by molar-refractivity contribution is 8.11. The second kappa shape index (κ2) is 6.61. The molecule has 0 amide bonds. The number of aliphatic hydroxyl groups is 1. The van der Waals surface area contributed by atoms with E-state index in [0.717, 1.165) is 23.9 Å². The highest BCUT2D eigenvalue weighted by atomic mass is 32.2. The molecule has 15 heavy (non-hydrogen) atoms. The van der Waals surface area contributed by atoms with Crippen LogP contribution >= 0.6 is 11.9 Å². The Morgan fingerprint density at radius 2 is 2.13 bits per heavy atom. The number of nitrogens with one attached hydrogen (secondary N) is 1. The lowest BCUT2D eigenvalue weighted by Gasteiger charge is -2.10. The molecule has 0 fully saturated rings. The third-order valence-electron chi connectivity index (χ3n) is 1.85. The molecule has 0 radical (unpaired) electrons. The molecule has 0 bridgehead atoms. The molecule has 0 saturated carbocycles. The Morgan fingerprint density at radius 1 is 1.47 bits per heavy atom. The van der Waals surface area contributed by atoms with E-state index < -0.39 is 6.23 Å². The fourth-order valence-corrected chi connectivity index (χ4v) is 1.77. The van der Waals surface area contributed by atoms with Gasteiger partial charge in [-0.2, -0.15) is 0 Å². The minimum Gasteiger partial charge on any atom is -0.373 e. The zero-order valence-electron chi connectivity index (χ0n) is 8.64. The number of benzene rings is 1. The van der Waals surface area contributed by atoms with Crippen LogP contribution in [0.4, 0.5) is 0 Å². The van der Waals surface area contributed by atoms with Gasteiger partial charge in [-0.1, -0.05) is 37.3 Å². The maximum absolute atomic E-state index is 11.2. The van der Waals surface area contributed by atoms with Crippen molar-refractivity contribution in [2.24, 2.45) is 0 Å². The van der Waals surface area contributed by atoms with Gasteiger partial charge in [-0.05, 0) is 23.9 Å². The van der Waals surface area contributed by atoms with Gasteiger partial charge in [0.25, 0.3) is 0 Å². The fraction of sp³-hybridized carbons (Fsp3) is 0.364. The zero-order chi connectivity index (χ0) is 11.1. The van der Waals surface area contributed by atoms with Crippen LogP contribution < -0.4 is 4.72 Å². The first kappa shape index (κ1) is 12.2. The van der Waals surface area contributed by atoms with Gasteiger partial charge in [-0.15, -0.1) is 0 Å². The second-order valence-electron chi connectivity index (χ2n) is 3.16. The smallest absolute Gasteiger partial charge is 0.203 e. The summed E-state index contributed by atoms with van der Waals surface area (Å²) in [5.41, 5.74) is 0.759. The molecule has 0 aromatic heterocycles. The molecule has 0 saturated heterocycles. The van der Waals surface area contributed by atoms with E-state index in [1.165, 1.54) is 0 Å². The van der Waals surface area contributed by atoms with Crippen molar-refractivity contribution in [1.29, 1.82) is 0 Å². The van der Waals surface area contributed by atoms with Crippen LogP contribution in [0.25, 0.3) is 0 Å². The van der Waals surface area contributed by atoms with Gasteiger partial charge in [0.15, 0.2) is 0 Å². The first-order valence-electron chi connectivity index (χ1n) is 4.92. The summed E-state index contributed by atoms with van der Waals surface area (Å²) >= 11 is 0.965. The number of hydrogen-bond donors (Lipinski definition) is 2. The quantitative estimate of drug-likeness (QED) is 0.596. The Kier molecular flexibility index (Phi) is 5.39. The Bertz CT molecular complexity index is 303. The Morgan fingerprint density at radius 3 is 2.73 bits per heavy atom. The molecule has 1 atom stereocenters. The predicted molar refractivity (Wildman–Crippen MR) is 62.0 cm³/mol. The van der Waals surface area contributed by atoms with E-state index in [-0.39, 0.29) is 5.12 Å². The molecule has 82 valence electrons. The average molecular weight is 225 g/mol. The number of aliphatic hydroxyl groups excluding tert-OH is 1. The minimum absolute atomic E-state index is 0.0486. The lowest BCUT2D eigenvalue weighted by atomic mass is 10.2. The Hall–Kier alpha value is -0.840. The second-order valence-corrected chi connectivity index (χ2v) is 4.05. The highest BCUT2D eigenvalue weighted by Crippen LogP contribution is 2.13. The first-order valence-corrected chi connectivity index (χ1v) is 5.74. The summed E-state index contributed by atoms with van der Waals surface area (Å²) in [6.45, 7) is 1.95. The summed E-state index contributed by atoms with van der Waals surface area (Å²) in [4.78, 5) is 11.2. The monoisotopic (exact) mass is 225 g/mol. The van der Waals surface area contributed by atoms with E-state index in [1.54, 1.807) is 0 Å². The van der Waals surface area contributed by atoms with Crippen LogP contribution in [-0.4, -0.2) is 10.2 Å². The molecule has 2 N–H and O–H groups in total. The van der Waals surface area contributed by atoms with Crippen LogP contribution in [0.3, 0.4) is 0 Å². The molecule has 1 unspecified atom stereocenters. The van der Waals surface area contributed by atoms with Gasteiger partial charge in [0.05, 0.1) is 0 Å². The number of hydrogen-bond acceptors (Lipinski definition) is 4. The van der Waals surface area contributed by atoms with E-state index in [4.69, 9.17) is 0 Å². The van der Waals surface area contributed by atoms with E-state index in [1.807, 2.05) is 37.3 Å². The molecular formula is C11H15NO2S. The van der Waals surface area contributed by atoms with Crippen LogP contribution in [0.2, 0.25) is 0 Å². The first-order chi connectivity index (χ1) is 7.24. The minimum atomic E-state index is -0.794. The van der Waals surface area contributed by atoms with Crippen LogP contribution in [0, 0.1) is 0 Å². The van der Waals surface area contributed by atoms with Crippen LogP contribution in [0.15, 0.2) is 30.3 Å². The molecule has 0 aliphatic carbocycles. The topological polar surface area (TPSA) is 49.3 Å².